The van der Waals surface area contributed by atoms with E-state index in [9.17, 15) is 4.79 Å². The topological polar surface area (TPSA) is 40.5 Å². The predicted octanol–water partition coefficient (Wildman–Crippen LogP) is 2.67. The zero-order valence-corrected chi connectivity index (χ0v) is 12.9. The van der Waals surface area contributed by atoms with Gasteiger partial charge in [0.25, 0.3) is 5.91 Å². The Morgan fingerprint density at radius 2 is 2.19 bits per heavy atom. The summed E-state index contributed by atoms with van der Waals surface area (Å²) in [6.45, 7) is 2.38. The van der Waals surface area contributed by atoms with E-state index in [0.717, 1.165) is 16.0 Å². The van der Waals surface area contributed by atoms with Gasteiger partial charge in [-0.2, -0.15) is 0 Å². The van der Waals surface area contributed by atoms with Gasteiger partial charge in [-0.25, -0.2) is 0 Å². The first-order valence-electron chi connectivity index (χ1n) is 6.59. The molecule has 1 aromatic carbocycles. The molecule has 4 heteroatoms. The van der Waals surface area contributed by atoms with Crippen molar-refractivity contribution in [1.29, 1.82) is 0 Å². The maximum Gasteiger partial charge on any atom is 0.253 e. The lowest BCUT2D eigenvalue weighted by molar-refractivity contribution is 0.0785. The van der Waals surface area contributed by atoms with Gasteiger partial charge >= 0.3 is 0 Å². The van der Waals surface area contributed by atoms with E-state index in [2.05, 4.69) is 11.8 Å². The maximum atomic E-state index is 12.3. The molecule has 0 fully saturated rings. The lowest BCUT2D eigenvalue weighted by Crippen LogP contribution is -2.26. The third-order valence-electron chi connectivity index (χ3n) is 2.98. The SMILES string of the molecule is Cc1cccc(C(=O)N(C)Cc2csc(C#CCO)c2)c1. The largest absolute Gasteiger partial charge is 0.384 e. The highest BCUT2D eigenvalue weighted by Gasteiger charge is 2.12. The summed E-state index contributed by atoms with van der Waals surface area (Å²) in [6, 6.07) is 9.54. The smallest absolute Gasteiger partial charge is 0.253 e. The van der Waals surface area contributed by atoms with Gasteiger partial charge in [0.2, 0.25) is 0 Å². The summed E-state index contributed by atoms with van der Waals surface area (Å²) >= 11 is 1.52. The highest BCUT2D eigenvalue weighted by molar-refractivity contribution is 7.10. The van der Waals surface area contributed by atoms with E-state index in [1.165, 1.54) is 11.3 Å². The lowest BCUT2D eigenvalue weighted by atomic mass is 10.1. The minimum absolute atomic E-state index is 0.00731. The molecule has 0 aliphatic heterocycles. The first-order chi connectivity index (χ1) is 10.1. The van der Waals surface area contributed by atoms with E-state index in [4.69, 9.17) is 5.11 Å². The Morgan fingerprint density at radius 3 is 2.90 bits per heavy atom. The second-order valence-electron chi connectivity index (χ2n) is 4.81. The van der Waals surface area contributed by atoms with Crippen molar-refractivity contribution in [2.75, 3.05) is 13.7 Å². The molecule has 21 heavy (non-hydrogen) atoms. The molecule has 0 unspecified atom stereocenters. The molecule has 1 aromatic heterocycles. The minimum atomic E-state index is -0.140. The molecular formula is C17H17NO2S. The van der Waals surface area contributed by atoms with Crippen molar-refractivity contribution in [2.45, 2.75) is 13.5 Å². The van der Waals surface area contributed by atoms with Crippen molar-refractivity contribution in [1.82, 2.24) is 4.90 Å². The third kappa shape index (κ3) is 4.19. The molecule has 0 bridgehead atoms. The molecule has 0 radical (unpaired) electrons. The van der Waals surface area contributed by atoms with Crippen LogP contribution in [-0.4, -0.2) is 29.6 Å². The molecule has 1 amide bonds. The van der Waals surface area contributed by atoms with E-state index in [1.807, 2.05) is 42.6 Å². The van der Waals surface area contributed by atoms with Crippen LogP contribution >= 0.6 is 11.3 Å². The Bertz CT molecular complexity index is 694. The van der Waals surface area contributed by atoms with Crippen LogP contribution in [0.25, 0.3) is 0 Å². The number of amides is 1. The van der Waals surface area contributed by atoms with Gasteiger partial charge in [0, 0.05) is 19.2 Å². The van der Waals surface area contributed by atoms with Crippen LogP contribution in [-0.2, 0) is 6.54 Å². The molecule has 1 heterocycles. The zero-order chi connectivity index (χ0) is 15.2. The van der Waals surface area contributed by atoms with Crippen molar-refractivity contribution in [3.8, 4) is 11.8 Å². The van der Waals surface area contributed by atoms with Gasteiger partial charge in [0.15, 0.2) is 0 Å². The minimum Gasteiger partial charge on any atom is -0.384 e. The van der Waals surface area contributed by atoms with Gasteiger partial charge in [-0.15, -0.1) is 11.3 Å². The number of benzene rings is 1. The number of rotatable bonds is 3. The van der Waals surface area contributed by atoms with Crippen LogP contribution in [0.2, 0.25) is 0 Å². The first kappa shape index (κ1) is 15.3. The molecule has 2 rings (SSSR count). The van der Waals surface area contributed by atoms with Gasteiger partial charge < -0.3 is 10.0 Å². The molecule has 0 spiro atoms. The molecule has 108 valence electrons. The van der Waals surface area contributed by atoms with Crippen molar-refractivity contribution in [2.24, 2.45) is 0 Å². The molecule has 1 N–H and O–H groups in total. The number of nitrogens with zero attached hydrogens (tertiary/aromatic N) is 1. The van der Waals surface area contributed by atoms with E-state index >= 15 is 0 Å². The standard InChI is InChI=1S/C17H17NO2S/c1-13-5-3-6-15(9-13)17(20)18(2)11-14-10-16(21-12-14)7-4-8-19/h3,5-6,9-10,12,19H,8,11H2,1-2H3. The van der Waals surface area contributed by atoms with E-state index in [-0.39, 0.29) is 12.5 Å². The summed E-state index contributed by atoms with van der Waals surface area (Å²) in [5.41, 5.74) is 2.82. The highest BCUT2D eigenvalue weighted by atomic mass is 32.1. The first-order valence-corrected chi connectivity index (χ1v) is 7.47. The van der Waals surface area contributed by atoms with Gasteiger partial charge in [-0.1, -0.05) is 29.5 Å². The molecule has 0 atom stereocenters. The van der Waals surface area contributed by atoms with Gasteiger partial charge in [-0.3, -0.25) is 4.79 Å². The Labute approximate surface area is 128 Å². The molecule has 0 aliphatic carbocycles. The second-order valence-corrected chi connectivity index (χ2v) is 5.72. The number of carbonyl (C=O) groups excluding carboxylic acids is 1. The Hall–Kier alpha value is -2.09. The summed E-state index contributed by atoms with van der Waals surface area (Å²) < 4.78 is 0. The molecule has 0 aliphatic rings. The van der Waals surface area contributed by atoms with Gasteiger partial charge in [0.05, 0.1) is 4.88 Å². The highest BCUT2D eigenvalue weighted by Crippen LogP contribution is 2.16. The van der Waals surface area contributed by atoms with Gasteiger partial charge in [0.1, 0.15) is 6.61 Å². The molecule has 3 nitrogen and oxygen atoms in total. The number of thiophene rings is 1. The second kappa shape index (κ2) is 7.07. The van der Waals surface area contributed by atoms with Crippen LogP contribution in [0.1, 0.15) is 26.4 Å². The van der Waals surface area contributed by atoms with Crippen molar-refractivity contribution < 1.29 is 9.90 Å². The van der Waals surface area contributed by atoms with E-state index in [0.29, 0.717) is 12.1 Å². The van der Waals surface area contributed by atoms with E-state index in [1.54, 1.807) is 11.9 Å². The summed E-state index contributed by atoms with van der Waals surface area (Å²) in [4.78, 5) is 14.9. The van der Waals surface area contributed by atoms with Crippen molar-refractivity contribution in [3.05, 3.63) is 57.3 Å². The fraction of sp³-hybridized carbons (Fsp3) is 0.235. The molecular weight excluding hydrogens is 282 g/mol. The normalized spacial score (nSPS) is 9.86. The van der Waals surface area contributed by atoms with Crippen LogP contribution in [0.15, 0.2) is 35.7 Å². The lowest BCUT2D eigenvalue weighted by Gasteiger charge is -2.16. The fourth-order valence-electron chi connectivity index (χ4n) is 1.99. The average Bonchev–Trinajstić information content (AvgIpc) is 2.91. The number of hydrogen-bond donors (Lipinski definition) is 1. The third-order valence-corrected chi connectivity index (χ3v) is 3.87. The van der Waals surface area contributed by atoms with Crippen LogP contribution in [0.4, 0.5) is 0 Å². The van der Waals surface area contributed by atoms with Gasteiger partial charge in [-0.05, 0) is 36.1 Å². The molecule has 2 aromatic rings. The van der Waals surface area contributed by atoms with Crippen LogP contribution in [0.3, 0.4) is 0 Å². The quantitative estimate of drug-likeness (QED) is 0.885. The summed E-state index contributed by atoms with van der Waals surface area (Å²) in [7, 11) is 1.79. The Morgan fingerprint density at radius 1 is 1.38 bits per heavy atom. The summed E-state index contributed by atoms with van der Waals surface area (Å²) in [5, 5.41) is 10.7. The average molecular weight is 299 g/mol. The zero-order valence-electron chi connectivity index (χ0n) is 12.1. The number of hydrogen-bond acceptors (Lipinski definition) is 3. The Kier molecular flexibility index (Phi) is 5.15. The molecule has 0 saturated carbocycles. The number of aliphatic hydroxyl groups is 1. The van der Waals surface area contributed by atoms with Crippen molar-refractivity contribution >= 4 is 17.2 Å². The van der Waals surface area contributed by atoms with E-state index < -0.39 is 0 Å². The van der Waals surface area contributed by atoms with Crippen LogP contribution in [0.5, 0.6) is 0 Å². The predicted molar refractivity (Wildman–Crippen MR) is 85.3 cm³/mol. The Balaban J connectivity index is 2.05. The monoisotopic (exact) mass is 299 g/mol. The van der Waals surface area contributed by atoms with Crippen LogP contribution < -0.4 is 0 Å². The number of aryl methyl sites for hydroxylation is 1. The number of aliphatic hydroxyl groups excluding tert-OH is 1. The molecule has 0 saturated heterocycles. The fourth-order valence-corrected chi connectivity index (χ4v) is 2.77. The summed E-state index contributed by atoms with van der Waals surface area (Å²) in [5.74, 6) is 5.50. The van der Waals surface area contributed by atoms with Crippen molar-refractivity contribution in [3.63, 3.8) is 0 Å². The number of carbonyl (C=O) groups is 1. The summed E-state index contributed by atoms with van der Waals surface area (Å²) in [6.07, 6.45) is 0. The van der Waals surface area contributed by atoms with Crippen LogP contribution in [0, 0.1) is 18.8 Å². The maximum absolute atomic E-state index is 12.3.